The fraction of sp³-hybridized carbons (Fsp3) is 0.368. The average Bonchev–Trinajstić information content (AvgIpc) is 3.00. The van der Waals surface area contributed by atoms with Crippen molar-refractivity contribution >= 4 is 0 Å². The first kappa shape index (κ1) is 12.9. The Morgan fingerprint density at radius 2 is 1.90 bits per heavy atom. The average molecular weight is 279 g/mol. The first-order valence-corrected chi connectivity index (χ1v) is 7.93. The molecule has 0 saturated carbocycles. The Morgan fingerprint density at radius 1 is 1.00 bits per heavy atom. The summed E-state index contributed by atoms with van der Waals surface area (Å²) in [6.45, 7) is 1.80. The van der Waals surface area contributed by atoms with Gasteiger partial charge >= 0.3 is 0 Å². The zero-order valence-electron chi connectivity index (χ0n) is 12.3. The number of aryl methyl sites for hydroxylation is 1. The maximum atomic E-state index is 5.57. The Bertz CT molecular complexity index is 650. The summed E-state index contributed by atoms with van der Waals surface area (Å²) in [6, 6.07) is 16.1. The van der Waals surface area contributed by atoms with Crippen LogP contribution in [0.2, 0.25) is 0 Å². The van der Waals surface area contributed by atoms with Crippen LogP contribution in [-0.2, 0) is 25.8 Å². The number of hydrogen-bond acceptors (Lipinski definition) is 2. The van der Waals surface area contributed by atoms with E-state index in [0.29, 0.717) is 6.04 Å². The van der Waals surface area contributed by atoms with Crippen molar-refractivity contribution in [3.63, 3.8) is 0 Å². The van der Waals surface area contributed by atoms with Gasteiger partial charge in [0.1, 0.15) is 5.75 Å². The van der Waals surface area contributed by atoms with Crippen LogP contribution in [0.3, 0.4) is 0 Å². The standard InChI is InChI=1S/C19H21NO/c1-2-4-16-12-18(7-6-15(16)3-1)20-13-14-5-8-19-17(11-14)9-10-21-19/h1-5,8,11,18,20H,6-7,9-10,12-13H2. The summed E-state index contributed by atoms with van der Waals surface area (Å²) in [5, 5.41) is 3.73. The van der Waals surface area contributed by atoms with Crippen LogP contribution in [0.1, 0.15) is 28.7 Å². The maximum Gasteiger partial charge on any atom is 0.122 e. The second-order valence-corrected chi connectivity index (χ2v) is 6.13. The van der Waals surface area contributed by atoms with E-state index in [1.54, 1.807) is 0 Å². The quantitative estimate of drug-likeness (QED) is 0.931. The molecule has 1 unspecified atom stereocenters. The van der Waals surface area contributed by atoms with Crippen LogP contribution in [0.4, 0.5) is 0 Å². The highest BCUT2D eigenvalue weighted by molar-refractivity contribution is 5.39. The van der Waals surface area contributed by atoms with Crippen molar-refractivity contribution < 1.29 is 4.74 Å². The van der Waals surface area contributed by atoms with Gasteiger partial charge in [-0.15, -0.1) is 0 Å². The summed E-state index contributed by atoms with van der Waals surface area (Å²) in [6.07, 6.45) is 4.65. The molecule has 2 aromatic carbocycles. The summed E-state index contributed by atoms with van der Waals surface area (Å²) >= 11 is 0. The van der Waals surface area contributed by atoms with Gasteiger partial charge in [0.25, 0.3) is 0 Å². The van der Waals surface area contributed by atoms with Crippen molar-refractivity contribution in [1.29, 1.82) is 0 Å². The molecular formula is C19H21NO. The van der Waals surface area contributed by atoms with E-state index in [1.165, 1.54) is 35.1 Å². The number of fused-ring (bicyclic) bond motifs is 2. The van der Waals surface area contributed by atoms with Crippen LogP contribution in [-0.4, -0.2) is 12.6 Å². The first-order valence-electron chi connectivity index (χ1n) is 7.93. The smallest absolute Gasteiger partial charge is 0.122 e. The van der Waals surface area contributed by atoms with Gasteiger partial charge in [-0.05, 0) is 47.6 Å². The minimum absolute atomic E-state index is 0.601. The lowest BCUT2D eigenvalue weighted by atomic mass is 9.88. The normalized spacial score (nSPS) is 19.7. The molecule has 2 nitrogen and oxygen atoms in total. The van der Waals surface area contributed by atoms with Crippen LogP contribution in [0.25, 0.3) is 0 Å². The summed E-state index contributed by atoms with van der Waals surface area (Å²) in [7, 11) is 0. The third-order valence-corrected chi connectivity index (χ3v) is 4.70. The van der Waals surface area contributed by atoms with E-state index < -0.39 is 0 Å². The molecule has 21 heavy (non-hydrogen) atoms. The molecule has 2 aromatic rings. The number of hydrogen-bond donors (Lipinski definition) is 1. The van der Waals surface area contributed by atoms with Crippen LogP contribution in [0.5, 0.6) is 5.75 Å². The molecule has 0 saturated heterocycles. The molecule has 0 amide bonds. The molecule has 0 radical (unpaired) electrons. The van der Waals surface area contributed by atoms with Gasteiger partial charge in [-0.25, -0.2) is 0 Å². The molecule has 0 bridgehead atoms. The Balaban J connectivity index is 1.39. The van der Waals surface area contributed by atoms with Crippen molar-refractivity contribution in [2.24, 2.45) is 0 Å². The van der Waals surface area contributed by atoms with E-state index in [1.807, 2.05) is 0 Å². The van der Waals surface area contributed by atoms with Gasteiger partial charge in [0.2, 0.25) is 0 Å². The Kier molecular flexibility index (Phi) is 3.40. The number of benzene rings is 2. The van der Waals surface area contributed by atoms with Crippen LogP contribution in [0.15, 0.2) is 42.5 Å². The molecule has 1 atom stereocenters. The minimum Gasteiger partial charge on any atom is -0.493 e. The fourth-order valence-electron chi connectivity index (χ4n) is 3.48. The highest BCUT2D eigenvalue weighted by atomic mass is 16.5. The summed E-state index contributed by atoms with van der Waals surface area (Å²) < 4.78 is 5.57. The first-order chi connectivity index (χ1) is 10.4. The SMILES string of the molecule is c1ccc2c(c1)CCC(NCc1ccc3c(c1)CCO3)C2. The maximum absolute atomic E-state index is 5.57. The molecule has 0 aromatic heterocycles. The van der Waals surface area contributed by atoms with Crippen molar-refractivity contribution in [2.45, 2.75) is 38.3 Å². The lowest BCUT2D eigenvalue weighted by Crippen LogP contribution is -2.34. The molecule has 1 heterocycles. The number of rotatable bonds is 3. The van der Waals surface area contributed by atoms with Crippen molar-refractivity contribution in [3.05, 3.63) is 64.7 Å². The Hall–Kier alpha value is -1.80. The molecule has 1 aliphatic heterocycles. The fourth-order valence-corrected chi connectivity index (χ4v) is 3.48. The molecule has 2 heteroatoms. The molecule has 2 aliphatic rings. The number of ether oxygens (including phenoxy) is 1. The molecule has 1 N–H and O–H groups in total. The molecule has 4 rings (SSSR count). The third kappa shape index (κ3) is 2.68. The van der Waals surface area contributed by atoms with E-state index in [2.05, 4.69) is 47.8 Å². The second-order valence-electron chi connectivity index (χ2n) is 6.13. The van der Waals surface area contributed by atoms with Gasteiger partial charge in [0.05, 0.1) is 6.61 Å². The Labute approximate surface area is 126 Å². The van der Waals surface area contributed by atoms with Crippen molar-refractivity contribution in [1.82, 2.24) is 5.32 Å². The molecule has 0 fully saturated rings. The lowest BCUT2D eigenvalue weighted by Gasteiger charge is -2.25. The highest BCUT2D eigenvalue weighted by Crippen LogP contribution is 2.26. The topological polar surface area (TPSA) is 21.3 Å². The van der Waals surface area contributed by atoms with Crippen LogP contribution < -0.4 is 10.1 Å². The zero-order valence-corrected chi connectivity index (χ0v) is 12.3. The summed E-state index contributed by atoms with van der Waals surface area (Å²) in [5.41, 5.74) is 5.79. The van der Waals surface area contributed by atoms with Gasteiger partial charge in [0.15, 0.2) is 0 Å². The predicted molar refractivity (Wildman–Crippen MR) is 84.7 cm³/mol. The molecule has 108 valence electrons. The van der Waals surface area contributed by atoms with Crippen LogP contribution >= 0.6 is 0 Å². The van der Waals surface area contributed by atoms with Gasteiger partial charge in [0, 0.05) is 19.0 Å². The second kappa shape index (κ2) is 5.53. The predicted octanol–water partition coefficient (Wildman–Crippen LogP) is 3.27. The van der Waals surface area contributed by atoms with Gasteiger partial charge in [-0.2, -0.15) is 0 Å². The van der Waals surface area contributed by atoms with Gasteiger partial charge in [-0.1, -0.05) is 36.4 Å². The molecular weight excluding hydrogens is 258 g/mol. The van der Waals surface area contributed by atoms with E-state index in [0.717, 1.165) is 31.7 Å². The van der Waals surface area contributed by atoms with Crippen LogP contribution in [0, 0.1) is 0 Å². The summed E-state index contributed by atoms with van der Waals surface area (Å²) in [4.78, 5) is 0. The Morgan fingerprint density at radius 3 is 2.86 bits per heavy atom. The minimum atomic E-state index is 0.601. The monoisotopic (exact) mass is 279 g/mol. The van der Waals surface area contributed by atoms with E-state index in [4.69, 9.17) is 4.74 Å². The highest BCUT2D eigenvalue weighted by Gasteiger charge is 2.18. The third-order valence-electron chi connectivity index (χ3n) is 4.70. The van der Waals surface area contributed by atoms with Gasteiger partial charge < -0.3 is 10.1 Å². The van der Waals surface area contributed by atoms with E-state index in [9.17, 15) is 0 Å². The number of nitrogens with one attached hydrogen (secondary N) is 1. The lowest BCUT2D eigenvalue weighted by molar-refractivity contribution is 0.357. The van der Waals surface area contributed by atoms with E-state index in [-0.39, 0.29) is 0 Å². The van der Waals surface area contributed by atoms with Crippen molar-refractivity contribution in [3.8, 4) is 5.75 Å². The van der Waals surface area contributed by atoms with E-state index >= 15 is 0 Å². The van der Waals surface area contributed by atoms with Crippen molar-refractivity contribution in [2.75, 3.05) is 6.61 Å². The summed E-state index contributed by atoms with van der Waals surface area (Å²) in [5.74, 6) is 1.07. The van der Waals surface area contributed by atoms with Gasteiger partial charge in [-0.3, -0.25) is 0 Å². The largest absolute Gasteiger partial charge is 0.493 e. The molecule has 1 aliphatic carbocycles. The zero-order chi connectivity index (χ0) is 14.1. The molecule has 0 spiro atoms.